The Morgan fingerprint density at radius 3 is 2.49 bits per heavy atom. The minimum absolute atomic E-state index is 0.150. The predicted molar refractivity (Wildman–Crippen MR) is 156 cm³/mol. The molecule has 3 nitrogen and oxygen atoms in total. The van der Waals surface area contributed by atoms with Gasteiger partial charge in [0.1, 0.15) is 0 Å². The third kappa shape index (κ3) is 9.75. The number of halogens is 3. The number of allylic oxidation sites excluding steroid dienone is 4. The summed E-state index contributed by atoms with van der Waals surface area (Å²) in [5.74, 6) is -2.73. The van der Waals surface area contributed by atoms with Crippen molar-refractivity contribution < 1.29 is 8.78 Å². The first-order valence-electron chi connectivity index (χ1n) is 12.5. The predicted octanol–water partition coefficient (Wildman–Crippen LogP) is 8.77. The third-order valence-electron chi connectivity index (χ3n) is 5.92. The lowest BCUT2D eigenvalue weighted by Gasteiger charge is -2.40. The molecule has 37 heavy (non-hydrogen) atoms. The van der Waals surface area contributed by atoms with E-state index in [4.69, 9.17) is 16.6 Å². The normalized spacial score (nSPS) is 16.4. The fourth-order valence-corrected chi connectivity index (χ4v) is 4.42. The largest absolute Gasteiger partial charge is 0.370 e. The summed E-state index contributed by atoms with van der Waals surface area (Å²) < 4.78 is 26.7. The Morgan fingerprint density at radius 1 is 1.14 bits per heavy atom. The average Bonchev–Trinajstić information content (AvgIpc) is 2.88. The van der Waals surface area contributed by atoms with Gasteiger partial charge in [-0.05, 0) is 62.9 Å². The molecule has 0 bridgehead atoms. The lowest BCUT2D eigenvalue weighted by molar-refractivity contribution is 0.0255. The summed E-state index contributed by atoms with van der Waals surface area (Å²) in [5, 5.41) is 7.93. The van der Waals surface area contributed by atoms with Crippen LogP contribution >= 0.6 is 11.6 Å². The van der Waals surface area contributed by atoms with E-state index in [0.29, 0.717) is 11.4 Å². The Morgan fingerprint density at radius 2 is 1.86 bits per heavy atom. The van der Waals surface area contributed by atoms with Gasteiger partial charge in [0, 0.05) is 29.8 Å². The van der Waals surface area contributed by atoms with Gasteiger partial charge in [0.25, 0.3) is 0 Å². The van der Waals surface area contributed by atoms with E-state index >= 15 is 0 Å². The Labute approximate surface area is 225 Å². The van der Waals surface area contributed by atoms with E-state index < -0.39 is 11.5 Å². The van der Waals surface area contributed by atoms with E-state index in [1.807, 2.05) is 61.7 Å². The molecule has 2 unspecified atom stereocenters. The zero-order valence-electron chi connectivity index (χ0n) is 22.0. The van der Waals surface area contributed by atoms with Crippen molar-refractivity contribution in [2.45, 2.75) is 64.1 Å². The maximum absolute atomic E-state index is 13.3. The molecule has 2 N–H and O–H groups in total. The van der Waals surface area contributed by atoms with E-state index in [-0.39, 0.29) is 12.6 Å². The van der Waals surface area contributed by atoms with Crippen LogP contribution in [0.1, 0.15) is 45.6 Å². The number of nitrogens with one attached hydrogen (secondary N) is 2. The molecule has 0 spiro atoms. The van der Waals surface area contributed by atoms with Crippen molar-refractivity contribution in [3.63, 3.8) is 0 Å². The number of benzene rings is 2. The van der Waals surface area contributed by atoms with Gasteiger partial charge in [-0.2, -0.15) is 0 Å². The average molecular weight is 526 g/mol. The summed E-state index contributed by atoms with van der Waals surface area (Å²) in [6.45, 7) is 11.0. The lowest BCUT2D eigenvalue weighted by Crippen LogP contribution is -2.55. The maximum Gasteiger partial charge on any atom is 0.248 e. The molecular formula is C31H38ClF2N3. The summed E-state index contributed by atoms with van der Waals surface area (Å²) in [4.78, 5) is 4.80. The van der Waals surface area contributed by atoms with E-state index in [1.165, 1.54) is 6.08 Å². The number of hydrogen-bond donors (Lipinski definition) is 2. The summed E-state index contributed by atoms with van der Waals surface area (Å²) >= 11 is 6.19. The standard InChI is InChI=1S/C29H34ClF2N3.C2H4/c1-22(12-7-9-18-28(3,31)32)29(27-17-8-10-19-33-27,21-24-13-5-4-6-14-24)35-23(2)34-26-16-11-15-25(30)20-26;1-2/h4-7,9,11-17,19-20,23,34-35H,8,10,18,21H2,1-3H3;1-2H2/b9-7-,22-12+;. The summed E-state index contributed by atoms with van der Waals surface area (Å²) in [7, 11) is 0. The van der Waals surface area contributed by atoms with E-state index in [9.17, 15) is 8.78 Å². The molecule has 0 aliphatic carbocycles. The van der Waals surface area contributed by atoms with Gasteiger partial charge in [-0.3, -0.25) is 10.3 Å². The second-order valence-corrected chi connectivity index (χ2v) is 9.56. The molecule has 1 heterocycles. The van der Waals surface area contributed by atoms with Crippen molar-refractivity contribution in [1.29, 1.82) is 0 Å². The van der Waals surface area contributed by atoms with Crippen LogP contribution in [-0.4, -0.2) is 23.8 Å². The second-order valence-electron chi connectivity index (χ2n) is 9.12. The van der Waals surface area contributed by atoms with Crippen molar-refractivity contribution >= 4 is 23.5 Å². The van der Waals surface area contributed by atoms with Gasteiger partial charge in [0.2, 0.25) is 5.92 Å². The van der Waals surface area contributed by atoms with Crippen LogP contribution in [-0.2, 0) is 6.42 Å². The van der Waals surface area contributed by atoms with E-state index in [0.717, 1.165) is 42.3 Å². The number of anilines is 1. The van der Waals surface area contributed by atoms with Crippen LogP contribution in [0.3, 0.4) is 0 Å². The summed E-state index contributed by atoms with van der Waals surface area (Å²) in [6.07, 6.45) is 11.3. The molecular weight excluding hydrogens is 488 g/mol. The van der Waals surface area contributed by atoms with Crippen LogP contribution in [0.5, 0.6) is 0 Å². The smallest absolute Gasteiger partial charge is 0.248 e. The van der Waals surface area contributed by atoms with Gasteiger partial charge in [-0.25, -0.2) is 8.78 Å². The summed E-state index contributed by atoms with van der Waals surface area (Å²) in [6, 6.07) is 17.8. The fraction of sp³-hybridized carbons (Fsp3) is 0.323. The number of hydrogen-bond acceptors (Lipinski definition) is 3. The molecule has 6 heteroatoms. The first kappa shape index (κ1) is 30.2. The number of alkyl halides is 2. The third-order valence-corrected chi connectivity index (χ3v) is 6.15. The molecule has 3 rings (SSSR count). The van der Waals surface area contributed by atoms with Crippen LogP contribution < -0.4 is 10.6 Å². The zero-order chi connectivity index (χ0) is 27.3. The molecule has 0 radical (unpaired) electrons. The van der Waals surface area contributed by atoms with Crippen molar-refractivity contribution in [2.75, 3.05) is 5.32 Å². The minimum Gasteiger partial charge on any atom is -0.370 e. The van der Waals surface area contributed by atoms with Crippen LogP contribution in [0.4, 0.5) is 14.5 Å². The van der Waals surface area contributed by atoms with Gasteiger partial charge in [-0.15, -0.1) is 13.2 Å². The van der Waals surface area contributed by atoms with Gasteiger partial charge in [-0.1, -0.05) is 72.3 Å². The molecule has 2 atom stereocenters. The topological polar surface area (TPSA) is 36.4 Å². The SMILES string of the molecule is C/C(=C\C=C/CC(C)(F)F)C(Cc1ccccc1)(NC(C)Nc1cccc(Cl)c1)C1=CCCC=N1.C=C. The Hall–Kier alpha value is -3.02. The molecule has 0 aromatic heterocycles. The number of aliphatic imine (C=N–C) groups is 1. The summed E-state index contributed by atoms with van der Waals surface area (Å²) in [5.41, 5.74) is 3.31. The molecule has 2 aromatic rings. The number of rotatable bonds is 11. The van der Waals surface area contributed by atoms with E-state index in [1.54, 1.807) is 6.08 Å². The van der Waals surface area contributed by atoms with Crippen LogP contribution in [0.15, 0.2) is 108 Å². The fourth-order valence-electron chi connectivity index (χ4n) is 4.23. The van der Waals surface area contributed by atoms with Gasteiger partial charge in [0.15, 0.2) is 0 Å². The van der Waals surface area contributed by atoms with Crippen LogP contribution in [0.25, 0.3) is 0 Å². The monoisotopic (exact) mass is 525 g/mol. The van der Waals surface area contributed by atoms with Crippen molar-refractivity contribution in [2.24, 2.45) is 4.99 Å². The highest BCUT2D eigenvalue weighted by molar-refractivity contribution is 6.30. The quantitative estimate of drug-likeness (QED) is 0.175. The molecule has 0 fully saturated rings. The molecule has 0 amide bonds. The van der Waals surface area contributed by atoms with Crippen molar-refractivity contribution in [1.82, 2.24) is 5.32 Å². The zero-order valence-corrected chi connectivity index (χ0v) is 22.7. The minimum atomic E-state index is -2.73. The van der Waals surface area contributed by atoms with Crippen molar-refractivity contribution in [3.05, 3.63) is 114 Å². The Kier molecular flexibility index (Phi) is 12.0. The lowest BCUT2D eigenvalue weighted by atomic mass is 9.79. The molecule has 1 aliphatic heterocycles. The highest BCUT2D eigenvalue weighted by atomic mass is 35.5. The molecule has 1 aliphatic rings. The Bertz CT molecular complexity index is 1100. The molecule has 198 valence electrons. The molecule has 2 aromatic carbocycles. The molecule has 0 saturated carbocycles. The van der Waals surface area contributed by atoms with Gasteiger partial charge >= 0.3 is 0 Å². The molecule has 0 saturated heterocycles. The first-order valence-corrected chi connectivity index (χ1v) is 12.8. The van der Waals surface area contributed by atoms with Gasteiger partial charge in [0.05, 0.1) is 17.4 Å². The van der Waals surface area contributed by atoms with Crippen LogP contribution in [0.2, 0.25) is 5.02 Å². The second kappa shape index (κ2) is 14.7. The number of nitrogens with zero attached hydrogens (tertiary/aromatic N) is 1. The van der Waals surface area contributed by atoms with Gasteiger partial charge < -0.3 is 5.32 Å². The van der Waals surface area contributed by atoms with E-state index in [2.05, 4.69) is 48.9 Å². The van der Waals surface area contributed by atoms with Crippen LogP contribution in [0, 0.1) is 0 Å². The highest BCUT2D eigenvalue weighted by Crippen LogP contribution is 2.34. The van der Waals surface area contributed by atoms with Crippen molar-refractivity contribution in [3.8, 4) is 0 Å². The Balaban J connectivity index is 0.00000235. The highest BCUT2D eigenvalue weighted by Gasteiger charge is 2.38. The first-order chi connectivity index (χ1) is 17.7. The maximum atomic E-state index is 13.3.